The average molecular weight is 287 g/mol. The summed E-state index contributed by atoms with van der Waals surface area (Å²) in [6.45, 7) is 2.06. The number of nitrogens with one attached hydrogen (secondary N) is 2. The summed E-state index contributed by atoms with van der Waals surface area (Å²) in [4.78, 5) is 11.7. The van der Waals surface area contributed by atoms with E-state index in [0.717, 1.165) is 11.3 Å². The Morgan fingerprint density at radius 3 is 3.05 bits per heavy atom. The topological polar surface area (TPSA) is 59.6 Å². The lowest BCUT2D eigenvalue weighted by molar-refractivity contribution is -0.121. The van der Waals surface area contributed by atoms with E-state index >= 15 is 0 Å². The first-order valence-corrected chi connectivity index (χ1v) is 6.02. The van der Waals surface area contributed by atoms with Crippen molar-refractivity contribution in [2.24, 2.45) is 0 Å². The maximum atomic E-state index is 11.7. The fourth-order valence-corrected chi connectivity index (χ4v) is 1.90. The molecule has 0 spiro atoms. The Morgan fingerprint density at radius 2 is 2.26 bits per heavy atom. The fourth-order valence-electron chi connectivity index (χ4n) is 1.90. The summed E-state index contributed by atoms with van der Waals surface area (Å²) in [5, 5.41) is 5.95. The summed E-state index contributed by atoms with van der Waals surface area (Å²) < 4.78 is 10.4. The van der Waals surface area contributed by atoms with Gasteiger partial charge in [0, 0.05) is 19.2 Å². The number of methoxy groups -OCH3 is 1. The monoisotopic (exact) mass is 286 g/mol. The first-order chi connectivity index (χ1) is 8.81. The van der Waals surface area contributed by atoms with Gasteiger partial charge in [0.25, 0.3) is 0 Å². The van der Waals surface area contributed by atoms with Gasteiger partial charge in [-0.05, 0) is 6.07 Å². The summed E-state index contributed by atoms with van der Waals surface area (Å²) in [7, 11) is 1.63. The molecule has 19 heavy (non-hydrogen) atoms. The molecule has 0 aliphatic carbocycles. The number of benzene rings is 1. The van der Waals surface area contributed by atoms with Crippen molar-refractivity contribution < 1.29 is 14.3 Å². The molecule has 1 aromatic rings. The van der Waals surface area contributed by atoms with Crippen LogP contribution in [0.1, 0.15) is 11.6 Å². The van der Waals surface area contributed by atoms with Crippen molar-refractivity contribution in [1.29, 1.82) is 0 Å². The van der Waals surface area contributed by atoms with Crippen molar-refractivity contribution in [3.63, 3.8) is 0 Å². The lowest BCUT2D eigenvalue weighted by Crippen LogP contribution is -2.37. The van der Waals surface area contributed by atoms with Gasteiger partial charge in [-0.1, -0.05) is 18.2 Å². The van der Waals surface area contributed by atoms with Crippen LogP contribution in [0.5, 0.6) is 5.75 Å². The van der Waals surface area contributed by atoms with Crippen molar-refractivity contribution in [3.05, 3.63) is 29.8 Å². The van der Waals surface area contributed by atoms with Crippen LogP contribution in [0.25, 0.3) is 0 Å². The van der Waals surface area contributed by atoms with Crippen LogP contribution in [0, 0.1) is 0 Å². The molecule has 1 heterocycles. The van der Waals surface area contributed by atoms with Crippen molar-refractivity contribution in [2.75, 3.05) is 33.4 Å². The molecule has 0 aromatic heterocycles. The molecule has 1 aliphatic heterocycles. The van der Waals surface area contributed by atoms with Gasteiger partial charge in [0.15, 0.2) is 0 Å². The summed E-state index contributed by atoms with van der Waals surface area (Å²) in [5.74, 6) is 0.826. The minimum Gasteiger partial charge on any atom is -0.491 e. The SMILES string of the molecule is COCCNCC(=O)NC1COc2ccccc21.Cl. The molecule has 0 bridgehead atoms. The molecule has 6 heteroatoms. The van der Waals surface area contributed by atoms with Gasteiger partial charge in [-0.3, -0.25) is 4.79 Å². The normalized spacial score (nSPS) is 16.2. The van der Waals surface area contributed by atoms with E-state index in [0.29, 0.717) is 26.3 Å². The lowest BCUT2D eigenvalue weighted by Gasteiger charge is -2.12. The zero-order valence-electron chi connectivity index (χ0n) is 10.8. The number of ether oxygens (including phenoxy) is 2. The molecule has 106 valence electrons. The molecule has 1 aliphatic rings. The van der Waals surface area contributed by atoms with Crippen molar-refractivity contribution in [2.45, 2.75) is 6.04 Å². The number of amides is 1. The van der Waals surface area contributed by atoms with Crippen molar-refractivity contribution >= 4 is 18.3 Å². The molecule has 1 amide bonds. The number of hydrogen-bond acceptors (Lipinski definition) is 4. The average Bonchev–Trinajstić information content (AvgIpc) is 2.78. The maximum absolute atomic E-state index is 11.7. The Balaban J connectivity index is 0.00000180. The molecular weight excluding hydrogens is 268 g/mol. The van der Waals surface area contributed by atoms with Crippen molar-refractivity contribution in [1.82, 2.24) is 10.6 Å². The Morgan fingerprint density at radius 1 is 1.47 bits per heavy atom. The first-order valence-electron chi connectivity index (χ1n) is 6.02. The van der Waals surface area contributed by atoms with Crippen LogP contribution in [-0.2, 0) is 9.53 Å². The van der Waals surface area contributed by atoms with Crippen LogP contribution >= 0.6 is 12.4 Å². The maximum Gasteiger partial charge on any atom is 0.234 e. The second-order valence-corrected chi connectivity index (χ2v) is 4.14. The van der Waals surface area contributed by atoms with Crippen LogP contribution in [0.4, 0.5) is 0 Å². The summed E-state index contributed by atoms with van der Waals surface area (Å²) in [5.41, 5.74) is 1.04. The van der Waals surface area contributed by atoms with E-state index < -0.39 is 0 Å². The third-order valence-electron chi connectivity index (χ3n) is 2.80. The standard InChI is InChI=1S/C13H18N2O3.ClH/c1-17-7-6-14-8-13(16)15-11-9-18-12-5-3-2-4-10(11)12;/h2-5,11,14H,6-9H2,1H3,(H,15,16);1H. The number of carbonyl (C=O) groups is 1. The lowest BCUT2D eigenvalue weighted by atomic mass is 10.1. The number of carbonyl (C=O) groups excluding carboxylic acids is 1. The molecule has 0 saturated heterocycles. The van der Waals surface area contributed by atoms with Gasteiger partial charge in [0.1, 0.15) is 12.4 Å². The molecule has 0 fully saturated rings. The molecule has 1 atom stereocenters. The largest absolute Gasteiger partial charge is 0.491 e. The summed E-state index contributed by atoms with van der Waals surface area (Å²) >= 11 is 0. The van der Waals surface area contributed by atoms with E-state index in [4.69, 9.17) is 9.47 Å². The van der Waals surface area contributed by atoms with Gasteiger partial charge >= 0.3 is 0 Å². The smallest absolute Gasteiger partial charge is 0.234 e. The number of para-hydroxylation sites is 1. The van der Waals surface area contributed by atoms with Gasteiger partial charge in [-0.2, -0.15) is 0 Å². The van der Waals surface area contributed by atoms with Crippen molar-refractivity contribution in [3.8, 4) is 5.75 Å². The van der Waals surface area contributed by atoms with Crippen LogP contribution < -0.4 is 15.4 Å². The zero-order chi connectivity index (χ0) is 12.8. The summed E-state index contributed by atoms with van der Waals surface area (Å²) in [6, 6.07) is 7.72. The Bertz CT molecular complexity index is 415. The van der Waals surface area contributed by atoms with Crippen LogP contribution in [0.3, 0.4) is 0 Å². The molecule has 0 saturated carbocycles. The van der Waals surface area contributed by atoms with Gasteiger partial charge in [-0.15, -0.1) is 12.4 Å². The Hall–Kier alpha value is -1.30. The number of rotatable bonds is 6. The highest BCUT2D eigenvalue weighted by Crippen LogP contribution is 2.31. The highest BCUT2D eigenvalue weighted by molar-refractivity contribution is 5.85. The predicted octanol–water partition coefficient (Wildman–Crippen LogP) is 0.894. The second kappa shape index (κ2) is 7.99. The molecule has 5 nitrogen and oxygen atoms in total. The van der Waals surface area contributed by atoms with Gasteiger partial charge in [0.2, 0.25) is 5.91 Å². The van der Waals surface area contributed by atoms with Crippen LogP contribution in [0.2, 0.25) is 0 Å². The van der Waals surface area contributed by atoms with Gasteiger partial charge in [-0.25, -0.2) is 0 Å². The van der Waals surface area contributed by atoms with Crippen LogP contribution in [0.15, 0.2) is 24.3 Å². The number of hydrogen-bond donors (Lipinski definition) is 2. The Labute approximate surface area is 119 Å². The molecular formula is C13H19ClN2O3. The van der Waals surface area contributed by atoms with Gasteiger partial charge < -0.3 is 20.1 Å². The van der Waals surface area contributed by atoms with Gasteiger partial charge in [0.05, 0.1) is 19.2 Å². The van der Waals surface area contributed by atoms with E-state index in [2.05, 4.69) is 10.6 Å². The van der Waals surface area contributed by atoms with Crippen LogP contribution in [-0.4, -0.2) is 39.3 Å². The second-order valence-electron chi connectivity index (χ2n) is 4.14. The highest BCUT2D eigenvalue weighted by atomic mass is 35.5. The molecule has 2 rings (SSSR count). The predicted molar refractivity (Wildman–Crippen MR) is 74.8 cm³/mol. The quantitative estimate of drug-likeness (QED) is 0.763. The van der Waals surface area contributed by atoms with E-state index in [9.17, 15) is 4.79 Å². The third-order valence-corrected chi connectivity index (χ3v) is 2.80. The Kier molecular flexibility index (Phi) is 6.62. The van der Waals surface area contributed by atoms with E-state index in [-0.39, 0.29) is 24.4 Å². The fraction of sp³-hybridized carbons (Fsp3) is 0.462. The molecule has 2 N–H and O–H groups in total. The minimum atomic E-state index is -0.0436. The minimum absolute atomic E-state index is 0. The first kappa shape index (κ1) is 15.8. The van der Waals surface area contributed by atoms with E-state index in [1.807, 2.05) is 24.3 Å². The molecule has 1 aromatic carbocycles. The zero-order valence-corrected chi connectivity index (χ0v) is 11.7. The highest BCUT2D eigenvalue weighted by Gasteiger charge is 2.24. The van der Waals surface area contributed by atoms with E-state index in [1.165, 1.54) is 0 Å². The third kappa shape index (κ3) is 4.38. The summed E-state index contributed by atoms with van der Waals surface area (Å²) in [6.07, 6.45) is 0. The van der Waals surface area contributed by atoms with E-state index in [1.54, 1.807) is 7.11 Å². The molecule has 1 unspecified atom stereocenters. The number of fused-ring (bicyclic) bond motifs is 1. The molecule has 0 radical (unpaired) electrons. The number of halogens is 1.